The molecule has 0 radical (unpaired) electrons. The lowest BCUT2D eigenvalue weighted by molar-refractivity contribution is -0.122. The summed E-state index contributed by atoms with van der Waals surface area (Å²) in [5.41, 5.74) is 0.922. The molecule has 0 aromatic carbocycles. The van der Waals surface area contributed by atoms with Gasteiger partial charge in [-0.05, 0) is 26.7 Å². The summed E-state index contributed by atoms with van der Waals surface area (Å²) in [4.78, 5) is 12.0. The van der Waals surface area contributed by atoms with Crippen LogP contribution in [-0.4, -0.2) is 48.0 Å². The van der Waals surface area contributed by atoms with Crippen molar-refractivity contribution < 1.29 is 13.2 Å². The van der Waals surface area contributed by atoms with Gasteiger partial charge >= 0.3 is 0 Å². The van der Waals surface area contributed by atoms with E-state index in [0.29, 0.717) is 17.9 Å². The van der Waals surface area contributed by atoms with Crippen molar-refractivity contribution >= 4 is 15.9 Å². The van der Waals surface area contributed by atoms with Gasteiger partial charge in [-0.25, -0.2) is 12.7 Å². The molecule has 1 aromatic rings. The predicted molar refractivity (Wildman–Crippen MR) is 78.4 cm³/mol. The van der Waals surface area contributed by atoms with Crippen molar-refractivity contribution in [1.29, 1.82) is 0 Å². The first kappa shape index (κ1) is 16.0. The Morgan fingerprint density at radius 3 is 2.57 bits per heavy atom. The second kappa shape index (κ2) is 5.76. The number of nitrogens with zero attached hydrogens (tertiary/aromatic N) is 3. The summed E-state index contributed by atoms with van der Waals surface area (Å²) in [6, 6.07) is 0.281. The Kier molecular flexibility index (Phi) is 4.38. The van der Waals surface area contributed by atoms with Gasteiger partial charge in [0.2, 0.25) is 15.9 Å². The van der Waals surface area contributed by atoms with Crippen LogP contribution in [0.25, 0.3) is 0 Å². The number of carbonyl (C=O) groups excluding carboxylic acids is 1. The van der Waals surface area contributed by atoms with Gasteiger partial charge in [-0.3, -0.25) is 9.48 Å². The van der Waals surface area contributed by atoms with Crippen LogP contribution in [0.5, 0.6) is 0 Å². The van der Waals surface area contributed by atoms with Gasteiger partial charge in [0.25, 0.3) is 0 Å². The lowest BCUT2D eigenvalue weighted by Crippen LogP contribution is -2.30. The SMILES string of the molecule is CCN(C)S(=O)(=O)c1c(C)nn(CC(=O)NC2CC2)c1C. The van der Waals surface area contributed by atoms with E-state index in [-0.39, 0.29) is 23.4 Å². The molecule has 0 unspecified atom stereocenters. The molecule has 1 heterocycles. The van der Waals surface area contributed by atoms with E-state index in [0.717, 1.165) is 12.8 Å². The van der Waals surface area contributed by atoms with Crippen LogP contribution in [0.3, 0.4) is 0 Å². The van der Waals surface area contributed by atoms with Gasteiger partial charge in [-0.2, -0.15) is 5.10 Å². The number of hydrogen-bond donors (Lipinski definition) is 1. The number of aromatic nitrogens is 2. The fourth-order valence-electron chi connectivity index (χ4n) is 2.17. The molecule has 1 amide bonds. The van der Waals surface area contributed by atoms with Gasteiger partial charge in [-0.15, -0.1) is 0 Å². The van der Waals surface area contributed by atoms with E-state index in [1.165, 1.54) is 16.0 Å². The Hall–Kier alpha value is -1.41. The van der Waals surface area contributed by atoms with Crippen LogP contribution >= 0.6 is 0 Å². The maximum absolute atomic E-state index is 12.5. The highest BCUT2D eigenvalue weighted by Crippen LogP contribution is 2.23. The summed E-state index contributed by atoms with van der Waals surface area (Å²) in [6.07, 6.45) is 2.04. The topological polar surface area (TPSA) is 84.3 Å². The molecule has 1 aliphatic carbocycles. The van der Waals surface area contributed by atoms with E-state index < -0.39 is 10.0 Å². The smallest absolute Gasteiger partial charge is 0.246 e. The molecule has 0 spiro atoms. The van der Waals surface area contributed by atoms with Crippen molar-refractivity contribution in [1.82, 2.24) is 19.4 Å². The van der Waals surface area contributed by atoms with E-state index in [2.05, 4.69) is 10.4 Å². The molecule has 1 saturated carbocycles. The second-order valence-electron chi connectivity index (χ2n) is 5.42. The van der Waals surface area contributed by atoms with Gasteiger partial charge in [-0.1, -0.05) is 6.92 Å². The Labute approximate surface area is 125 Å². The fourth-order valence-corrected chi connectivity index (χ4v) is 3.71. The first-order chi connectivity index (χ1) is 9.77. The summed E-state index contributed by atoms with van der Waals surface area (Å²) < 4.78 is 27.7. The molecule has 0 bridgehead atoms. The highest BCUT2D eigenvalue weighted by Gasteiger charge is 2.29. The van der Waals surface area contributed by atoms with E-state index in [1.807, 2.05) is 0 Å². The quantitative estimate of drug-likeness (QED) is 0.825. The first-order valence-electron chi connectivity index (χ1n) is 7.07. The van der Waals surface area contributed by atoms with Crippen LogP contribution in [0, 0.1) is 13.8 Å². The van der Waals surface area contributed by atoms with Crippen LogP contribution in [0.15, 0.2) is 4.90 Å². The molecule has 1 N–H and O–H groups in total. The Balaban J connectivity index is 2.26. The highest BCUT2D eigenvalue weighted by molar-refractivity contribution is 7.89. The molecule has 0 saturated heterocycles. The van der Waals surface area contributed by atoms with E-state index in [4.69, 9.17) is 0 Å². The highest BCUT2D eigenvalue weighted by atomic mass is 32.2. The van der Waals surface area contributed by atoms with Crippen molar-refractivity contribution in [2.24, 2.45) is 0 Å². The molecule has 1 aliphatic rings. The van der Waals surface area contributed by atoms with Gasteiger partial charge in [0.1, 0.15) is 11.4 Å². The Bertz CT molecular complexity index is 647. The van der Waals surface area contributed by atoms with E-state index >= 15 is 0 Å². The van der Waals surface area contributed by atoms with Crippen LogP contribution in [0.4, 0.5) is 0 Å². The first-order valence-corrected chi connectivity index (χ1v) is 8.51. The molecule has 1 fully saturated rings. The molecular weight excluding hydrogens is 292 g/mol. The number of hydrogen-bond acceptors (Lipinski definition) is 4. The average Bonchev–Trinajstić information content (AvgIpc) is 3.15. The Morgan fingerprint density at radius 1 is 1.43 bits per heavy atom. The maximum Gasteiger partial charge on any atom is 0.246 e. The standard InChI is InChI=1S/C13H22N4O3S/c1-5-16(4)21(19,20)13-9(2)15-17(10(13)3)8-12(18)14-11-6-7-11/h11H,5-8H2,1-4H3,(H,14,18). The molecule has 1 aromatic heterocycles. The zero-order valence-electron chi connectivity index (χ0n) is 12.9. The summed E-state index contributed by atoms with van der Waals surface area (Å²) in [5, 5.41) is 7.08. The second-order valence-corrected chi connectivity index (χ2v) is 7.40. The number of carbonyl (C=O) groups is 1. The zero-order valence-corrected chi connectivity index (χ0v) is 13.7. The van der Waals surface area contributed by atoms with E-state index in [1.54, 1.807) is 20.8 Å². The minimum Gasteiger partial charge on any atom is -0.352 e. The monoisotopic (exact) mass is 314 g/mol. The zero-order chi connectivity index (χ0) is 15.8. The van der Waals surface area contributed by atoms with Crippen LogP contribution < -0.4 is 5.32 Å². The number of amides is 1. The third kappa shape index (κ3) is 3.26. The Morgan fingerprint density at radius 2 is 2.05 bits per heavy atom. The summed E-state index contributed by atoms with van der Waals surface area (Å²) >= 11 is 0. The lowest BCUT2D eigenvalue weighted by atomic mass is 10.4. The van der Waals surface area contributed by atoms with Crippen molar-refractivity contribution in [3.8, 4) is 0 Å². The number of sulfonamides is 1. The molecular formula is C13H22N4O3S. The normalized spacial score (nSPS) is 15.5. The minimum absolute atomic E-state index is 0.0501. The number of nitrogens with one attached hydrogen (secondary N) is 1. The molecule has 0 aliphatic heterocycles. The molecule has 8 heteroatoms. The van der Waals surface area contributed by atoms with Crippen molar-refractivity contribution in [3.63, 3.8) is 0 Å². The largest absolute Gasteiger partial charge is 0.352 e. The predicted octanol–water partition coefficient (Wildman–Crippen LogP) is 0.419. The minimum atomic E-state index is -3.56. The van der Waals surface area contributed by atoms with Crippen molar-refractivity contribution in [3.05, 3.63) is 11.4 Å². The summed E-state index contributed by atoms with van der Waals surface area (Å²) in [7, 11) is -2.02. The molecule has 0 atom stereocenters. The summed E-state index contributed by atoms with van der Waals surface area (Å²) in [6.45, 7) is 5.54. The van der Waals surface area contributed by atoms with Crippen LogP contribution in [0.2, 0.25) is 0 Å². The average molecular weight is 314 g/mol. The van der Waals surface area contributed by atoms with Gasteiger partial charge in [0.05, 0.1) is 11.4 Å². The molecule has 2 rings (SSSR count). The third-order valence-electron chi connectivity index (χ3n) is 3.66. The van der Waals surface area contributed by atoms with Gasteiger partial charge in [0.15, 0.2) is 0 Å². The van der Waals surface area contributed by atoms with Gasteiger partial charge in [0, 0.05) is 19.6 Å². The van der Waals surface area contributed by atoms with Crippen molar-refractivity contribution in [2.75, 3.05) is 13.6 Å². The van der Waals surface area contributed by atoms with E-state index in [9.17, 15) is 13.2 Å². The fraction of sp³-hybridized carbons (Fsp3) is 0.692. The third-order valence-corrected chi connectivity index (χ3v) is 5.85. The van der Waals surface area contributed by atoms with Gasteiger partial charge < -0.3 is 5.32 Å². The molecule has 7 nitrogen and oxygen atoms in total. The maximum atomic E-state index is 12.5. The van der Waals surface area contributed by atoms with Crippen LogP contribution in [0.1, 0.15) is 31.2 Å². The van der Waals surface area contributed by atoms with Crippen LogP contribution in [-0.2, 0) is 21.4 Å². The van der Waals surface area contributed by atoms with Crippen molar-refractivity contribution in [2.45, 2.75) is 51.1 Å². The lowest BCUT2D eigenvalue weighted by Gasteiger charge is -2.15. The molecule has 21 heavy (non-hydrogen) atoms. The molecule has 118 valence electrons. The number of aryl methyl sites for hydroxylation is 1. The number of rotatable bonds is 6. The summed E-state index contributed by atoms with van der Waals surface area (Å²) in [5.74, 6) is -0.129.